The first-order chi connectivity index (χ1) is 5.22. The molecule has 0 amide bonds. The van der Waals surface area contributed by atoms with E-state index in [-0.39, 0.29) is 0 Å². The zero-order chi connectivity index (χ0) is 8.69. The van der Waals surface area contributed by atoms with Crippen molar-refractivity contribution in [3.05, 3.63) is 0 Å². The molecule has 0 N–H and O–H groups in total. The van der Waals surface area contributed by atoms with Crippen molar-refractivity contribution in [2.75, 3.05) is 6.61 Å². The van der Waals surface area contributed by atoms with Gasteiger partial charge in [0, 0.05) is 6.61 Å². The molecule has 0 radical (unpaired) electrons. The maximum atomic E-state index is 10.4. The maximum Gasteiger partial charge on any atom is 0.0968 e. The number of ether oxygens (including phenoxy) is 1. The largest absolute Gasteiger partial charge is 0.547 e. The van der Waals surface area contributed by atoms with E-state index in [4.69, 9.17) is 4.74 Å². The van der Waals surface area contributed by atoms with E-state index >= 15 is 0 Å². The van der Waals surface area contributed by atoms with Crippen LogP contribution < -0.4 is 5.11 Å². The monoisotopic (exact) mass is 159 g/mol. The zero-order valence-corrected chi connectivity index (χ0v) is 7.13. The van der Waals surface area contributed by atoms with E-state index in [0.29, 0.717) is 13.0 Å². The molecule has 11 heavy (non-hydrogen) atoms. The average molecular weight is 159 g/mol. The first-order valence-electron chi connectivity index (χ1n) is 4.04. The molecule has 3 heteroatoms. The lowest BCUT2D eigenvalue weighted by atomic mass is 10.1. The fourth-order valence-electron chi connectivity index (χ4n) is 0.860. The van der Waals surface area contributed by atoms with Gasteiger partial charge in [-0.3, -0.25) is 0 Å². The Morgan fingerprint density at radius 2 is 2.18 bits per heavy atom. The van der Waals surface area contributed by atoms with Crippen LogP contribution in [0.5, 0.6) is 0 Å². The Morgan fingerprint density at radius 3 is 2.55 bits per heavy atom. The van der Waals surface area contributed by atoms with E-state index < -0.39 is 12.1 Å². The SMILES string of the molecule is CCCCC(OCC)C(=O)[O-]. The highest BCUT2D eigenvalue weighted by molar-refractivity contribution is 5.69. The molecular weight excluding hydrogens is 144 g/mol. The molecule has 0 aliphatic heterocycles. The molecule has 0 rings (SSSR count). The van der Waals surface area contributed by atoms with Gasteiger partial charge in [0.1, 0.15) is 0 Å². The number of hydrogen-bond acceptors (Lipinski definition) is 3. The Labute approximate surface area is 67.4 Å². The van der Waals surface area contributed by atoms with E-state index in [1.165, 1.54) is 0 Å². The topological polar surface area (TPSA) is 49.4 Å². The molecule has 0 aromatic heterocycles. The molecule has 0 fully saturated rings. The Balaban J connectivity index is 3.60. The standard InChI is InChI=1S/C8H16O3/c1-3-5-6-7(8(9)10)11-4-2/h7H,3-6H2,1-2H3,(H,9,10)/p-1. The van der Waals surface area contributed by atoms with Gasteiger partial charge >= 0.3 is 0 Å². The first kappa shape index (κ1) is 10.4. The van der Waals surface area contributed by atoms with Gasteiger partial charge in [0.05, 0.1) is 12.1 Å². The first-order valence-corrected chi connectivity index (χ1v) is 4.04. The summed E-state index contributed by atoms with van der Waals surface area (Å²) in [5, 5.41) is 10.4. The second-order valence-corrected chi connectivity index (χ2v) is 2.41. The van der Waals surface area contributed by atoms with Gasteiger partial charge in [-0.25, -0.2) is 0 Å². The molecule has 0 aromatic carbocycles. The summed E-state index contributed by atoms with van der Waals surface area (Å²) >= 11 is 0. The quantitative estimate of drug-likeness (QED) is 0.561. The molecule has 0 bridgehead atoms. The molecule has 0 saturated heterocycles. The van der Waals surface area contributed by atoms with E-state index in [9.17, 15) is 9.90 Å². The molecule has 0 aliphatic carbocycles. The number of rotatable bonds is 6. The summed E-state index contributed by atoms with van der Waals surface area (Å²) in [6, 6.07) is 0. The molecule has 1 unspecified atom stereocenters. The minimum Gasteiger partial charge on any atom is -0.547 e. The summed E-state index contributed by atoms with van der Waals surface area (Å²) in [7, 11) is 0. The molecule has 3 nitrogen and oxygen atoms in total. The van der Waals surface area contributed by atoms with Gasteiger partial charge in [0.25, 0.3) is 0 Å². The van der Waals surface area contributed by atoms with Gasteiger partial charge in [0.15, 0.2) is 0 Å². The number of carbonyl (C=O) groups is 1. The van der Waals surface area contributed by atoms with Gasteiger partial charge in [-0.15, -0.1) is 0 Å². The lowest BCUT2D eigenvalue weighted by Gasteiger charge is -2.16. The van der Waals surface area contributed by atoms with Crippen LogP contribution in [0.2, 0.25) is 0 Å². The molecule has 1 atom stereocenters. The third-order valence-electron chi connectivity index (χ3n) is 1.45. The third-order valence-corrected chi connectivity index (χ3v) is 1.45. The molecule has 0 aliphatic rings. The van der Waals surface area contributed by atoms with Crippen molar-refractivity contribution in [2.24, 2.45) is 0 Å². The second kappa shape index (κ2) is 6.16. The summed E-state index contributed by atoms with van der Waals surface area (Å²) in [6.45, 7) is 4.22. The summed E-state index contributed by atoms with van der Waals surface area (Å²) in [5.41, 5.74) is 0. The van der Waals surface area contributed by atoms with Crippen LogP contribution in [0.1, 0.15) is 33.1 Å². The van der Waals surface area contributed by atoms with Crippen molar-refractivity contribution in [2.45, 2.75) is 39.2 Å². The summed E-state index contributed by atoms with van der Waals surface area (Å²) in [4.78, 5) is 10.4. The molecule has 0 heterocycles. The number of unbranched alkanes of at least 4 members (excludes halogenated alkanes) is 1. The van der Waals surface area contributed by atoms with E-state index in [2.05, 4.69) is 0 Å². The summed E-state index contributed by atoms with van der Waals surface area (Å²) in [5.74, 6) is -1.10. The van der Waals surface area contributed by atoms with Crippen LogP contribution in [0.3, 0.4) is 0 Å². The van der Waals surface area contributed by atoms with E-state index in [1.807, 2.05) is 6.92 Å². The molecule has 0 aromatic rings. The normalized spacial score (nSPS) is 12.9. The fraction of sp³-hybridized carbons (Fsp3) is 0.875. The van der Waals surface area contributed by atoms with Crippen LogP contribution in [0.15, 0.2) is 0 Å². The van der Waals surface area contributed by atoms with Crippen LogP contribution in [0.25, 0.3) is 0 Å². The highest BCUT2D eigenvalue weighted by Gasteiger charge is 2.07. The van der Waals surface area contributed by atoms with E-state index in [1.54, 1.807) is 6.92 Å². The minimum absolute atomic E-state index is 0.433. The fourth-order valence-corrected chi connectivity index (χ4v) is 0.860. The van der Waals surface area contributed by atoms with Crippen molar-refractivity contribution >= 4 is 5.97 Å². The number of aliphatic carboxylic acids is 1. The molecule has 0 saturated carbocycles. The Kier molecular flexibility index (Phi) is 5.84. The highest BCUT2D eigenvalue weighted by atomic mass is 16.5. The molecular formula is C8H15O3-. The van der Waals surface area contributed by atoms with Crippen molar-refractivity contribution in [3.8, 4) is 0 Å². The lowest BCUT2D eigenvalue weighted by molar-refractivity contribution is -0.317. The van der Waals surface area contributed by atoms with Crippen LogP contribution >= 0.6 is 0 Å². The van der Waals surface area contributed by atoms with Crippen LogP contribution in [0.4, 0.5) is 0 Å². The van der Waals surface area contributed by atoms with Gasteiger partial charge < -0.3 is 14.6 Å². The third kappa shape index (κ3) is 4.79. The van der Waals surface area contributed by atoms with Crippen molar-refractivity contribution in [1.29, 1.82) is 0 Å². The number of carboxylic acids is 1. The predicted octanol–water partition coefficient (Wildman–Crippen LogP) is 0.332. The zero-order valence-electron chi connectivity index (χ0n) is 7.13. The average Bonchev–Trinajstić information content (AvgIpc) is 1.97. The predicted molar refractivity (Wildman–Crippen MR) is 39.9 cm³/mol. The van der Waals surface area contributed by atoms with Crippen molar-refractivity contribution in [1.82, 2.24) is 0 Å². The number of carbonyl (C=O) groups excluding carboxylic acids is 1. The van der Waals surface area contributed by atoms with Gasteiger partial charge in [-0.1, -0.05) is 19.8 Å². The Morgan fingerprint density at radius 1 is 1.55 bits per heavy atom. The van der Waals surface area contributed by atoms with Crippen LogP contribution in [-0.4, -0.2) is 18.7 Å². The maximum absolute atomic E-state index is 10.4. The van der Waals surface area contributed by atoms with Gasteiger partial charge in [0.2, 0.25) is 0 Å². The van der Waals surface area contributed by atoms with Gasteiger partial charge in [-0.2, -0.15) is 0 Å². The van der Waals surface area contributed by atoms with Gasteiger partial charge in [-0.05, 0) is 13.3 Å². The van der Waals surface area contributed by atoms with Crippen LogP contribution in [-0.2, 0) is 9.53 Å². The van der Waals surface area contributed by atoms with Crippen molar-refractivity contribution < 1.29 is 14.6 Å². The summed E-state index contributed by atoms with van der Waals surface area (Å²) in [6.07, 6.45) is 1.71. The van der Waals surface area contributed by atoms with E-state index in [0.717, 1.165) is 12.8 Å². The smallest absolute Gasteiger partial charge is 0.0968 e. The lowest BCUT2D eigenvalue weighted by Crippen LogP contribution is -2.37. The van der Waals surface area contributed by atoms with Crippen molar-refractivity contribution in [3.63, 3.8) is 0 Å². The van der Waals surface area contributed by atoms with Crippen LogP contribution in [0, 0.1) is 0 Å². The molecule has 0 spiro atoms. The molecule has 66 valence electrons. The highest BCUT2D eigenvalue weighted by Crippen LogP contribution is 2.03. The summed E-state index contributed by atoms with van der Waals surface area (Å²) < 4.78 is 4.94. The minimum atomic E-state index is -1.10. The second-order valence-electron chi connectivity index (χ2n) is 2.41. The Hall–Kier alpha value is -0.570. The number of hydrogen-bond donors (Lipinski definition) is 0. The number of carboxylic acid groups (broad SMARTS) is 1. The Bertz CT molecular complexity index is 112.